The lowest BCUT2D eigenvalue weighted by Gasteiger charge is -1.93. The standard InChI is InChI=1S/C8H4N2O4S2/c11-9(12)7-5(1-3-15-7)6-2-4-16-8(6)10(13)14/h1-4H. The van der Waals surface area contributed by atoms with Gasteiger partial charge in [-0.1, -0.05) is 22.7 Å². The highest BCUT2D eigenvalue weighted by molar-refractivity contribution is 7.15. The first-order valence-corrected chi connectivity index (χ1v) is 5.81. The van der Waals surface area contributed by atoms with Gasteiger partial charge in [0.05, 0.1) is 21.0 Å². The molecule has 2 aromatic heterocycles. The minimum Gasteiger partial charge on any atom is -0.258 e. The summed E-state index contributed by atoms with van der Waals surface area (Å²) in [6.07, 6.45) is 0. The Bertz CT molecular complexity index is 510. The van der Waals surface area contributed by atoms with Crippen LogP contribution in [0.4, 0.5) is 10.0 Å². The summed E-state index contributed by atoms with van der Waals surface area (Å²) in [5.41, 5.74) is 0.617. The molecule has 0 unspecified atom stereocenters. The fraction of sp³-hybridized carbons (Fsp3) is 0. The largest absolute Gasteiger partial charge is 0.332 e. The van der Waals surface area contributed by atoms with Gasteiger partial charge in [-0.15, -0.1) is 0 Å². The van der Waals surface area contributed by atoms with Crippen LogP contribution in [-0.2, 0) is 0 Å². The molecular weight excluding hydrogens is 252 g/mol. The lowest BCUT2D eigenvalue weighted by atomic mass is 10.1. The van der Waals surface area contributed by atoms with Gasteiger partial charge in [-0.25, -0.2) is 0 Å². The van der Waals surface area contributed by atoms with Gasteiger partial charge in [0.1, 0.15) is 0 Å². The highest BCUT2D eigenvalue weighted by atomic mass is 32.1. The average Bonchev–Trinajstić information content (AvgIpc) is 2.85. The second-order valence-corrected chi connectivity index (χ2v) is 4.58. The SMILES string of the molecule is O=[N+]([O-])c1sccc1-c1ccsc1[N+](=O)[O-]. The Morgan fingerprint density at radius 1 is 0.875 bits per heavy atom. The fourth-order valence-electron chi connectivity index (χ4n) is 1.30. The molecule has 6 nitrogen and oxygen atoms in total. The van der Waals surface area contributed by atoms with Crippen LogP contribution in [0, 0.1) is 20.2 Å². The molecule has 0 aliphatic rings. The second-order valence-electron chi connectivity index (χ2n) is 2.79. The Morgan fingerprint density at radius 2 is 1.25 bits per heavy atom. The van der Waals surface area contributed by atoms with Crippen LogP contribution in [0.2, 0.25) is 0 Å². The van der Waals surface area contributed by atoms with Crippen LogP contribution >= 0.6 is 22.7 Å². The molecule has 2 heterocycles. The lowest BCUT2D eigenvalue weighted by molar-refractivity contribution is -0.381. The zero-order valence-corrected chi connectivity index (χ0v) is 9.29. The minimum atomic E-state index is -0.526. The van der Waals surface area contributed by atoms with E-state index in [9.17, 15) is 20.2 Å². The smallest absolute Gasteiger partial charge is 0.258 e. The third-order valence-corrected chi connectivity index (χ3v) is 3.64. The lowest BCUT2D eigenvalue weighted by Crippen LogP contribution is -1.89. The van der Waals surface area contributed by atoms with E-state index >= 15 is 0 Å². The number of nitrogens with zero attached hydrogens (tertiary/aromatic N) is 2. The quantitative estimate of drug-likeness (QED) is 0.622. The zero-order valence-electron chi connectivity index (χ0n) is 7.65. The minimum absolute atomic E-state index is 0.0681. The van der Waals surface area contributed by atoms with Gasteiger partial charge in [0.2, 0.25) is 0 Å². The molecule has 0 radical (unpaired) electrons. The van der Waals surface area contributed by atoms with Crippen LogP contribution < -0.4 is 0 Å². The van der Waals surface area contributed by atoms with Crippen LogP contribution in [0.3, 0.4) is 0 Å². The van der Waals surface area contributed by atoms with Gasteiger partial charge in [0.15, 0.2) is 0 Å². The van der Waals surface area contributed by atoms with E-state index < -0.39 is 9.85 Å². The summed E-state index contributed by atoms with van der Waals surface area (Å²) in [5, 5.41) is 24.4. The van der Waals surface area contributed by atoms with Crippen molar-refractivity contribution in [2.45, 2.75) is 0 Å². The van der Waals surface area contributed by atoms with Crippen molar-refractivity contribution >= 4 is 32.7 Å². The molecule has 0 aromatic carbocycles. The molecule has 2 aromatic rings. The molecule has 0 fully saturated rings. The average molecular weight is 256 g/mol. The maximum atomic E-state index is 10.7. The van der Waals surface area contributed by atoms with Gasteiger partial charge in [-0.05, 0) is 22.9 Å². The first kappa shape index (κ1) is 10.7. The van der Waals surface area contributed by atoms with Crippen LogP contribution in [0.5, 0.6) is 0 Å². The van der Waals surface area contributed by atoms with E-state index in [0.717, 1.165) is 22.7 Å². The number of hydrogen-bond donors (Lipinski definition) is 0. The molecule has 2 rings (SSSR count). The molecular formula is C8H4N2O4S2. The molecule has 0 saturated heterocycles. The van der Waals surface area contributed by atoms with Crippen molar-refractivity contribution in [3.05, 3.63) is 43.1 Å². The van der Waals surface area contributed by atoms with E-state index in [-0.39, 0.29) is 10.0 Å². The summed E-state index contributed by atoms with van der Waals surface area (Å²) in [7, 11) is 0. The van der Waals surface area contributed by atoms with Crippen molar-refractivity contribution in [2.24, 2.45) is 0 Å². The Morgan fingerprint density at radius 3 is 1.56 bits per heavy atom. The summed E-state index contributed by atoms with van der Waals surface area (Å²) < 4.78 is 0. The van der Waals surface area contributed by atoms with Crippen molar-refractivity contribution in [1.82, 2.24) is 0 Å². The maximum Gasteiger partial charge on any atom is 0.332 e. The molecule has 16 heavy (non-hydrogen) atoms. The Kier molecular flexibility index (Phi) is 2.67. The number of rotatable bonds is 3. The van der Waals surface area contributed by atoms with Crippen molar-refractivity contribution in [3.8, 4) is 11.1 Å². The van der Waals surface area contributed by atoms with E-state index in [1.165, 1.54) is 12.1 Å². The van der Waals surface area contributed by atoms with Crippen LogP contribution in [0.25, 0.3) is 11.1 Å². The summed E-state index contributed by atoms with van der Waals surface area (Å²) in [5.74, 6) is 0. The van der Waals surface area contributed by atoms with E-state index in [1.807, 2.05) is 0 Å². The van der Waals surface area contributed by atoms with Crippen molar-refractivity contribution in [3.63, 3.8) is 0 Å². The second kappa shape index (κ2) is 3.99. The number of thiophene rings is 2. The summed E-state index contributed by atoms with van der Waals surface area (Å²) in [4.78, 5) is 20.4. The number of nitro groups is 2. The summed E-state index contributed by atoms with van der Waals surface area (Å²) >= 11 is 1.92. The fourth-order valence-corrected chi connectivity index (χ4v) is 2.74. The summed E-state index contributed by atoms with van der Waals surface area (Å²) in [6, 6.07) is 3.05. The molecule has 0 spiro atoms. The van der Waals surface area contributed by atoms with Crippen LogP contribution in [0.1, 0.15) is 0 Å². The van der Waals surface area contributed by atoms with Crippen molar-refractivity contribution in [1.29, 1.82) is 0 Å². The highest BCUT2D eigenvalue weighted by Crippen LogP contribution is 2.41. The molecule has 0 saturated carbocycles. The van der Waals surface area contributed by atoms with E-state index in [0.29, 0.717) is 11.1 Å². The van der Waals surface area contributed by atoms with Gasteiger partial charge in [-0.2, -0.15) is 0 Å². The first-order chi connectivity index (χ1) is 7.61. The molecule has 0 N–H and O–H groups in total. The highest BCUT2D eigenvalue weighted by Gasteiger charge is 2.25. The molecule has 0 aliphatic carbocycles. The first-order valence-electron chi connectivity index (χ1n) is 4.05. The molecule has 0 aliphatic heterocycles. The van der Waals surface area contributed by atoms with Gasteiger partial charge >= 0.3 is 10.0 Å². The number of hydrogen-bond acceptors (Lipinski definition) is 6. The third-order valence-electron chi connectivity index (χ3n) is 1.91. The molecule has 0 amide bonds. The van der Waals surface area contributed by atoms with Gasteiger partial charge in [-0.3, -0.25) is 20.2 Å². The predicted molar refractivity (Wildman–Crippen MR) is 60.9 cm³/mol. The van der Waals surface area contributed by atoms with Gasteiger partial charge in [0, 0.05) is 0 Å². The zero-order chi connectivity index (χ0) is 11.7. The Hall–Kier alpha value is -1.80. The predicted octanol–water partition coefficient (Wildman–Crippen LogP) is 3.29. The topological polar surface area (TPSA) is 86.3 Å². The monoisotopic (exact) mass is 256 g/mol. The van der Waals surface area contributed by atoms with Crippen molar-refractivity contribution in [2.75, 3.05) is 0 Å². The molecule has 82 valence electrons. The van der Waals surface area contributed by atoms with Crippen LogP contribution in [0.15, 0.2) is 22.9 Å². The molecule has 0 bridgehead atoms. The maximum absolute atomic E-state index is 10.7. The third kappa shape index (κ3) is 1.68. The van der Waals surface area contributed by atoms with Gasteiger partial charge in [0.25, 0.3) is 0 Å². The molecule has 8 heteroatoms. The Labute approximate surface area is 97.1 Å². The Balaban J connectivity index is 2.59. The normalized spacial score (nSPS) is 10.2. The van der Waals surface area contributed by atoms with E-state index in [2.05, 4.69) is 0 Å². The summed E-state index contributed by atoms with van der Waals surface area (Å²) in [6.45, 7) is 0. The van der Waals surface area contributed by atoms with Gasteiger partial charge < -0.3 is 0 Å². The van der Waals surface area contributed by atoms with Crippen LogP contribution in [-0.4, -0.2) is 9.85 Å². The van der Waals surface area contributed by atoms with Crippen molar-refractivity contribution < 1.29 is 9.85 Å². The molecule has 0 atom stereocenters. The van der Waals surface area contributed by atoms with E-state index in [1.54, 1.807) is 10.8 Å². The van der Waals surface area contributed by atoms with E-state index in [4.69, 9.17) is 0 Å².